The molecule has 0 aliphatic heterocycles. The van der Waals surface area contributed by atoms with Gasteiger partial charge < -0.3 is 24.8 Å². The lowest BCUT2D eigenvalue weighted by molar-refractivity contribution is -0.147. The topological polar surface area (TPSA) is 103 Å². The maximum absolute atomic E-state index is 12.1. The van der Waals surface area contributed by atoms with E-state index < -0.39 is 18.5 Å². The molecule has 0 aliphatic rings. The molecule has 0 unspecified atom stereocenters. The first kappa shape index (κ1) is 24.0. The molecule has 0 bridgehead atoms. The highest BCUT2D eigenvalue weighted by Crippen LogP contribution is 2.28. The van der Waals surface area contributed by atoms with Crippen molar-refractivity contribution in [2.24, 2.45) is 0 Å². The van der Waals surface area contributed by atoms with E-state index in [1.165, 1.54) is 7.11 Å². The second kappa shape index (κ2) is 12.4. The zero-order valence-electron chi connectivity index (χ0n) is 17.4. The quantitative estimate of drug-likeness (QED) is 0.503. The molecule has 31 heavy (non-hydrogen) atoms. The SMILES string of the molecule is CCOc1ccccc1NC(=O)COC(=O)CCCC(=O)Nc1cc(Cl)ccc1OC. The fourth-order valence-corrected chi connectivity index (χ4v) is 2.81. The number of methoxy groups -OCH3 is 1. The number of para-hydroxylation sites is 2. The number of hydrogen-bond acceptors (Lipinski definition) is 6. The molecule has 0 fully saturated rings. The molecule has 2 N–H and O–H groups in total. The summed E-state index contributed by atoms with van der Waals surface area (Å²) in [6.45, 7) is 1.87. The molecule has 2 rings (SSSR count). The Morgan fingerprint density at radius 1 is 0.935 bits per heavy atom. The number of halogens is 1. The van der Waals surface area contributed by atoms with Crippen molar-refractivity contribution in [1.82, 2.24) is 0 Å². The summed E-state index contributed by atoms with van der Waals surface area (Å²) in [5.74, 6) is -0.326. The fourth-order valence-electron chi connectivity index (χ4n) is 2.64. The molecule has 0 aromatic heterocycles. The Bertz CT molecular complexity index is 919. The van der Waals surface area contributed by atoms with Gasteiger partial charge in [0, 0.05) is 17.9 Å². The predicted octanol–water partition coefficient (Wildman–Crippen LogP) is 4.04. The molecule has 8 nitrogen and oxygen atoms in total. The van der Waals surface area contributed by atoms with E-state index in [4.69, 9.17) is 25.8 Å². The number of ether oxygens (including phenoxy) is 3. The Morgan fingerprint density at radius 2 is 1.68 bits per heavy atom. The van der Waals surface area contributed by atoms with Crippen molar-refractivity contribution in [3.63, 3.8) is 0 Å². The van der Waals surface area contributed by atoms with Gasteiger partial charge in [0.2, 0.25) is 5.91 Å². The van der Waals surface area contributed by atoms with E-state index in [0.717, 1.165) is 0 Å². The van der Waals surface area contributed by atoms with Gasteiger partial charge in [-0.2, -0.15) is 0 Å². The Balaban J connectivity index is 1.71. The van der Waals surface area contributed by atoms with Gasteiger partial charge in [0.25, 0.3) is 5.91 Å². The largest absolute Gasteiger partial charge is 0.495 e. The highest BCUT2D eigenvalue weighted by atomic mass is 35.5. The van der Waals surface area contributed by atoms with Gasteiger partial charge in [-0.3, -0.25) is 14.4 Å². The minimum Gasteiger partial charge on any atom is -0.495 e. The van der Waals surface area contributed by atoms with Crippen molar-refractivity contribution in [3.05, 3.63) is 47.5 Å². The normalized spacial score (nSPS) is 10.2. The summed E-state index contributed by atoms with van der Waals surface area (Å²) in [7, 11) is 1.49. The molecule has 9 heteroatoms. The number of nitrogens with one attached hydrogen (secondary N) is 2. The molecule has 166 valence electrons. The van der Waals surface area contributed by atoms with Crippen LogP contribution < -0.4 is 20.1 Å². The number of carbonyl (C=O) groups excluding carboxylic acids is 3. The van der Waals surface area contributed by atoms with Gasteiger partial charge >= 0.3 is 5.97 Å². The first-order valence-corrected chi connectivity index (χ1v) is 10.1. The summed E-state index contributed by atoms with van der Waals surface area (Å²) in [5, 5.41) is 5.79. The van der Waals surface area contributed by atoms with Gasteiger partial charge in [-0.15, -0.1) is 0 Å². The monoisotopic (exact) mass is 448 g/mol. The molecule has 2 aromatic carbocycles. The van der Waals surface area contributed by atoms with Crippen molar-refractivity contribution < 1.29 is 28.6 Å². The van der Waals surface area contributed by atoms with E-state index in [9.17, 15) is 14.4 Å². The van der Waals surface area contributed by atoms with E-state index in [1.54, 1.807) is 42.5 Å². The Hall–Kier alpha value is -3.26. The third kappa shape index (κ3) is 8.18. The lowest BCUT2D eigenvalue weighted by atomic mass is 10.2. The molecular weight excluding hydrogens is 424 g/mol. The zero-order valence-corrected chi connectivity index (χ0v) is 18.2. The van der Waals surface area contributed by atoms with Gasteiger partial charge in [-0.1, -0.05) is 23.7 Å². The minimum atomic E-state index is -0.568. The Labute approximate surface area is 185 Å². The summed E-state index contributed by atoms with van der Waals surface area (Å²) in [4.78, 5) is 36.0. The van der Waals surface area contributed by atoms with E-state index in [2.05, 4.69) is 10.6 Å². The van der Waals surface area contributed by atoms with E-state index in [-0.39, 0.29) is 25.2 Å². The molecule has 2 aromatic rings. The fraction of sp³-hybridized carbons (Fsp3) is 0.318. The van der Waals surface area contributed by atoms with Crippen LogP contribution in [0.3, 0.4) is 0 Å². The molecule has 2 amide bonds. The molecule has 0 saturated carbocycles. The molecule has 0 aliphatic carbocycles. The average molecular weight is 449 g/mol. The first-order chi connectivity index (χ1) is 14.9. The van der Waals surface area contributed by atoms with Crippen LogP contribution in [0.4, 0.5) is 11.4 Å². The second-order valence-electron chi connectivity index (χ2n) is 6.38. The van der Waals surface area contributed by atoms with Crippen molar-refractivity contribution in [3.8, 4) is 11.5 Å². The summed E-state index contributed by atoms with van der Waals surface area (Å²) in [6.07, 6.45) is 0.365. The second-order valence-corrected chi connectivity index (χ2v) is 6.82. The number of esters is 1. The Kier molecular flexibility index (Phi) is 9.64. The average Bonchev–Trinajstić information content (AvgIpc) is 2.74. The number of hydrogen-bond donors (Lipinski definition) is 2. The van der Waals surface area contributed by atoms with Crippen molar-refractivity contribution in [2.75, 3.05) is 31.0 Å². The zero-order chi connectivity index (χ0) is 22.6. The van der Waals surface area contributed by atoms with Gasteiger partial charge in [0.15, 0.2) is 6.61 Å². The Morgan fingerprint density at radius 3 is 2.42 bits per heavy atom. The van der Waals surface area contributed by atoms with Crippen molar-refractivity contribution in [1.29, 1.82) is 0 Å². The summed E-state index contributed by atoms with van der Waals surface area (Å²) in [5.41, 5.74) is 0.949. The van der Waals surface area contributed by atoms with E-state index >= 15 is 0 Å². The highest BCUT2D eigenvalue weighted by molar-refractivity contribution is 6.31. The highest BCUT2D eigenvalue weighted by Gasteiger charge is 2.12. The molecule has 0 saturated heterocycles. The van der Waals surface area contributed by atoms with E-state index in [0.29, 0.717) is 34.5 Å². The van der Waals surface area contributed by atoms with Crippen LogP contribution in [0.25, 0.3) is 0 Å². The van der Waals surface area contributed by atoms with Crippen LogP contribution in [0.2, 0.25) is 5.02 Å². The van der Waals surface area contributed by atoms with Crippen molar-refractivity contribution in [2.45, 2.75) is 26.2 Å². The van der Waals surface area contributed by atoms with Crippen molar-refractivity contribution >= 4 is 40.8 Å². The smallest absolute Gasteiger partial charge is 0.306 e. The molecule has 0 atom stereocenters. The minimum absolute atomic E-state index is 0.00289. The lowest BCUT2D eigenvalue weighted by Gasteiger charge is -2.11. The van der Waals surface area contributed by atoms with Gasteiger partial charge in [-0.25, -0.2) is 0 Å². The third-order valence-corrected chi connectivity index (χ3v) is 4.28. The molecule has 0 radical (unpaired) electrons. The third-order valence-electron chi connectivity index (χ3n) is 4.05. The maximum Gasteiger partial charge on any atom is 0.306 e. The van der Waals surface area contributed by atoms with Crippen LogP contribution in [0.5, 0.6) is 11.5 Å². The summed E-state index contributed by atoms with van der Waals surface area (Å²) in [6, 6.07) is 11.8. The van der Waals surface area contributed by atoms with Gasteiger partial charge in [0.1, 0.15) is 11.5 Å². The summed E-state index contributed by atoms with van der Waals surface area (Å²) >= 11 is 5.93. The van der Waals surface area contributed by atoms with Crippen LogP contribution in [-0.2, 0) is 19.1 Å². The first-order valence-electron chi connectivity index (χ1n) is 9.73. The molecule has 0 heterocycles. The number of carbonyl (C=O) groups is 3. The predicted molar refractivity (Wildman–Crippen MR) is 118 cm³/mol. The number of anilines is 2. The standard InChI is InChI=1S/C22H25ClN2O6/c1-3-30-19-8-5-4-7-16(19)24-21(27)14-31-22(28)10-6-9-20(26)25-17-13-15(23)11-12-18(17)29-2/h4-5,7-8,11-13H,3,6,9-10,14H2,1-2H3,(H,24,27)(H,25,26). The van der Waals surface area contributed by atoms with Crippen LogP contribution in [0.15, 0.2) is 42.5 Å². The van der Waals surface area contributed by atoms with Crippen LogP contribution >= 0.6 is 11.6 Å². The lowest BCUT2D eigenvalue weighted by Crippen LogP contribution is -2.21. The maximum atomic E-state index is 12.1. The summed E-state index contributed by atoms with van der Waals surface area (Å²) < 4.78 is 15.6. The van der Waals surface area contributed by atoms with Gasteiger partial charge in [0.05, 0.1) is 25.1 Å². The van der Waals surface area contributed by atoms with Crippen LogP contribution in [0.1, 0.15) is 26.2 Å². The number of amides is 2. The van der Waals surface area contributed by atoms with Crippen LogP contribution in [0, 0.1) is 0 Å². The molecule has 0 spiro atoms. The molecular formula is C22H25ClN2O6. The van der Waals surface area contributed by atoms with Crippen LogP contribution in [-0.4, -0.2) is 38.1 Å². The number of rotatable bonds is 11. The van der Waals surface area contributed by atoms with E-state index in [1.807, 2.05) is 6.92 Å². The number of benzene rings is 2. The van der Waals surface area contributed by atoms with Gasteiger partial charge in [-0.05, 0) is 43.7 Å².